The van der Waals surface area contributed by atoms with Crippen molar-refractivity contribution in [3.63, 3.8) is 0 Å². The first-order valence-electron chi connectivity index (χ1n) is 7.02. The molecule has 0 amide bonds. The Bertz CT molecular complexity index is 564. The maximum atomic E-state index is 9.12. The van der Waals surface area contributed by atoms with Crippen LogP contribution in [0.4, 0.5) is 0 Å². The lowest BCUT2D eigenvalue weighted by atomic mass is 9.95. The van der Waals surface area contributed by atoms with E-state index in [1.807, 2.05) is 24.3 Å². The fraction of sp³-hybridized carbons (Fsp3) is 0.500. The number of fused-ring (bicyclic) bond motifs is 1. The minimum absolute atomic E-state index is 0.0641. The lowest BCUT2D eigenvalue weighted by Gasteiger charge is -2.28. The second-order valence-electron chi connectivity index (χ2n) is 5.36. The van der Waals surface area contributed by atoms with E-state index >= 15 is 0 Å². The Kier molecular flexibility index (Phi) is 4.68. The Balaban J connectivity index is 2.10. The predicted octanol–water partition coefficient (Wildman–Crippen LogP) is 3.08. The quantitative estimate of drug-likeness (QED) is 0.816. The summed E-state index contributed by atoms with van der Waals surface area (Å²) in [6.07, 6.45) is 1.69. The summed E-state index contributed by atoms with van der Waals surface area (Å²) in [6.45, 7) is 5.08. The second kappa shape index (κ2) is 6.29. The van der Waals surface area contributed by atoms with Crippen LogP contribution in [0.2, 0.25) is 0 Å². The van der Waals surface area contributed by atoms with Gasteiger partial charge in [0.2, 0.25) is 0 Å². The SMILES string of the molecule is CCC(C)(CCO)NCc1cc2cc(OC)ccc2o1. The largest absolute Gasteiger partial charge is 0.497 e. The number of furan rings is 1. The predicted molar refractivity (Wildman–Crippen MR) is 80.0 cm³/mol. The Hall–Kier alpha value is -1.52. The topological polar surface area (TPSA) is 54.6 Å². The van der Waals surface area contributed by atoms with Crippen LogP contribution in [0.3, 0.4) is 0 Å². The minimum Gasteiger partial charge on any atom is -0.497 e. The average molecular weight is 277 g/mol. The number of rotatable bonds is 7. The lowest BCUT2D eigenvalue weighted by Crippen LogP contribution is -2.41. The fourth-order valence-electron chi connectivity index (χ4n) is 2.23. The molecular weight excluding hydrogens is 254 g/mol. The number of aliphatic hydroxyl groups is 1. The Morgan fingerprint density at radius 3 is 2.80 bits per heavy atom. The molecule has 1 aromatic carbocycles. The van der Waals surface area contributed by atoms with Gasteiger partial charge in [-0.05, 0) is 44.0 Å². The number of methoxy groups -OCH3 is 1. The van der Waals surface area contributed by atoms with Gasteiger partial charge in [0.15, 0.2) is 0 Å². The lowest BCUT2D eigenvalue weighted by molar-refractivity contribution is 0.212. The van der Waals surface area contributed by atoms with Gasteiger partial charge in [-0.15, -0.1) is 0 Å². The van der Waals surface area contributed by atoms with Gasteiger partial charge in [0.05, 0.1) is 13.7 Å². The van der Waals surface area contributed by atoms with Gasteiger partial charge in [-0.25, -0.2) is 0 Å². The summed E-state index contributed by atoms with van der Waals surface area (Å²) in [6, 6.07) is 7.81. The molecule has 0 saturated carbocycles. The molecule has 0 spiro atoms. The van der Waals surface area contributed by atoms with Crippen molar-refractivity contribution >= 4 is 11.0 Å². The fourth-order valence-corrected chi connectivity index (χ4v) is 2.23. The van der Waals surface area contributed by atoms with Gasteiger partial charge in [0.1, 0.15) is 17.1 Å². The number of hydrogen-bond donors (Lipinski definition) is 2. The molecule has 0 aliphatic rings. The standard InChI is InChI=1S/C16H23NO3/c1-4-16(2,7-8-18)17-11-14-10-12-9-13(19-3)5-6-15(12)20-14/h5-6,9-10,17-18H,4,7-8,11H2,1-3H3. The monoisotopic (exact) mass is 277 g/mol. The maximum absolute atomic E-state index is 9.12. The molecule has 2 N–H and O–H groups in total. The van der Waals surface area contributed by atoms with Crippen LogP contribution in [0, 0.1) is 0 Å². The highest BCUT2D eigenvalue weighted by molar-refractivity contribution is 5.79. The van der Waals surface area contributed by atoms with E-state index in [1.54, 1.807) is 7.11 Å². The van der Waals surface area contributed by atoms with E-state index < -0.39 is 0 Å². The van der Waals surface area contributed by atoms with Crippen molar-refractivity contribution in [1.29, 1.82) is 0 Å². The van der Waals surface area contributed by atoms with Crippen LogP contribution in [0.25, 0.3) is 11.0 Å². The molecule has 1 atom stereocenters. The summed E-state index contributed by atoms with van der Waals surface area (Å²) < 4.78 is 11.0. The highest BCUT2D eigenvalue weighted by Gasteiger charge is 2.21. The molecule has 1 aromatic heterocycles. The molecule has 2 aromatic rings. The molecule has 0 radical (unpaired) electrons. The van der Waals surface area contributed by atoms with E-state index in [1.165, 1.54) is 0 Å². The molecule has 0 aliphatic heterocycles. The molecular formula is C16H23NO3. The molecule has 4 heteroatoms. The summed E-state index contributed by atoms with van der Waals surface area (Å²) >= 11 is 0. The van der Waals surface area contributed by atoms with Gasteiger partial charge in [-0.1, -0.05) is 6.92 Å². The van der Waals surface area contributed by atoms with E-state index in [9.17, 15) is 0 Å². The Labute approximate surface area is 119 Å². The van der Waals surface area contributed by atoms with Crippen LogP contribution in [-0.4, -0.2) is 24.4 Å². The summed E-state index contributed by atoms with van der Waals surface area (Å²) in [5.74, 6) is 1.72. The summed E-state index contributed by atoms with van der Waals surface area (Å²) in [5, 5.41) is 13.6. The maximum Gasteiger partial charge on any atom is 0.134 e. The number of benzene rings is 1. The van der Waals surface area contributed by atoms with Crippen LogP contribution in [0.1, 0.15) is 32.4 Å². The molecule has 0 fully saturated rings. The van der Waals surface area contributed by atoms with Gasteiger partial charge in [-0.2, -0.15) is 0 Å². The van der Waals surface area contributed by atoms with Crippen molar-refractivity contribution in [2.45, 2.75) is 38.8 Å². The zero-order valence-electron chi connectivity index (χ0n) is 12.4. The van der Waals surface area contributed by atoms with E-state index in [0.717, 1.165) is 35.3 Å². The van der Waals surface area contributed by atoms with Crippen molar-refractivity contribution < 1.29 is 14.3 Å². The van der Waals surface area contributed by atoms with E-state index in [0.29, 0.717) is 6.54 Å². The number of nitrogens with one attached hydrogen (secondary N) is 1. The zero-order chi connectivity index (χ0) is 14.6. The molecule has 0 bridgehead atoms. The smallest absolute Gasteiger partial charge is 0.134 e. The molecule has 0 saturated heterocycles. The summed E-state index contributed by atoms with van der Waals surface area (Å²) in [4.78, 5) is 0. The van der Waals surface area contributed by atoms with Gasteiger partial charge in [0.25, 0.3) is 0 Å². The van der Waals surface area contributed by atoms with Gasteiger partial charge < -0.3 is 19.6 Å². The third kappa shape index (κ3) is 3.32. The third-order valence-electron chi connectivity index (χ3n) is 3.91. The van der Waals surface area contributed by atoms with Crippen LogP contribution < -0.4 is 10.1 Å². The van der Waals surface area contributed by atoms with Crippen LogP contribution in [-0.2, 0) is 6.54 Å². The molecule has 110 valence electrons. The van der Waals surface area contributed by atoms with Crippen molar-refractivity contribution in [3.8, 4) is 5.75 Å². The van der Waals surface area contributed by atoms with Crippen molar-refractivity contribution in [1.82, 2.24) is 5.32 Å². The first-order valence-corrected chi connectivity index (χ1v) is 7.02. The highest BCUT2D eigenvalue weighted by Crippen LogP contribution is 2.24. The van der Waals surface area contributed by atoms with E-state index in [-0.39, 0.29) is 12.1 Å². The van der Waals surface area contributed by atoms with Crippen LogP contribution >= 0.6 is 0 Å². The van der Waals surface area contributed by atoms with Crippen molar-refractivity contribution in [2.75, 3.05) is 13.7 Å². The van der Waals surface area contributed by atoms with Gasteiger partial charge in [0, 0.05) is 17.5 Å². The van der Waals surface area contributed by atoms with Crippen LogP contribution in [0.15, 0.2) is 28.7 Å². The Morgan fingerprint density at radius 2 is 2.15 bits per heavy atom. The summed E-state index contributed by atoms with van der Waals surface area (Å²) in [5.41, 5.74) is 0.800. The van der Waals surface area contributed by atoms with Crippen LogP contribution in [0.5, 0.6) is 5.75 Å². The molecule has 4 nitrogen and oxygen atoms in total. The first kappa shape index (κ1) is 14.9. The third-order valence-corrected chi connectivity index (χ3v) is 3.91. The Morgan fingerprint density at radius 1 is 1.35 bits per heavy atom. The van der Waals surface area contributed by atoms with E-state index in [4.69, 9.17) is 14.3 Å². The van der Waals surface area contributed by atoms with Gasteiger partial charge >= 0.3 is 0 Å². The number of ether oxygens (including phenoxy) is 1. The highest BCUT2D eigenvalue weighted by atomic mass is 16.5. The van der Waals surface area contributed by atoms with Crippen molar-refractivity contribution in [3.05, 3.63) is 30.0 Å². The number of aliphatic hydroxyl groups excluding tert-OH is 1. The molecule has 2 rings (SSSR count). The van der Waals surface area contributed by atoms with Crippen molar-refractivity contribution in [2.24, 2.45) is 0 Å². The van der Waals surface area contributed by atoms with Gasteiger partial charge in [-0.3, -0.25) is 0 Å². The molecule has 0 aliphatic carbocycles. The second-order valence-corrected chi connectivity index (χ2v) is 5.36. The summed E-state index contributed by atoms with van der Waals surface area (Å²) in [7, 11) is 1.66. The average Bonchev–Trinajstić information content (AvgIpc) is 2.87. The normalized spacial score (nSPS) is 14.4. The zero-order valence-corrected chi connectivity index (χ0v) is 12.4. The molecule has 20 heavy (non-hydrogen) atoms. The first-order chi connectivity index (χ1) is 9.60. The van der Waals surface area contributed by atoms with E-state index in [2.05, 4.69) is 19.2 Å². The minimum atomic E-state index is -0.0641. The number of hydrogen-bond acceptors (Lipinski definition) is 4. The molecule has 1 unspecified atom stereocenters. The molecule has 1 heterocycles.